The third kappa shape index (κ3) is 3.28. The van der Waals surface area contributed by atoms with Gasteiger partial charge in [-0.1, -0.05) is 0 Å². The van der Waals surface area contributed by atoms with Gasteiger partial charge >= 0.3 is 0 Å². The maximum Gasteiger partial charge on any atom is 0.271 e. The third-order valence-corrected chi connectivity index (χ3v) is 2.73. The molecule has 0 aliphatic heterocycles. The number of aromatic hydroxyl groups is 1. The standard InChI is InChI=1S/C14H7F5N2O2/c15-9-8(10(16)12(18)13(19)11(9)17)5-20-21-14(23)6-1-3-7(22)4-2-6/h1-5,22H,(H,21,23)/b20-5+. The van der Waals surface area contributed by atoms with Crippen LogP contribution in [0.4, 0.5) is 22.0 Å². The molecule has 2 aromatic rings. The molecule has 1 amide bonds. The Hall–Kier alpha value is -2.97. The Morgan fingerprint density at radius 2 is 1.39 bits per heavy atom. The number of amides is 1. The summed E-state index contributed by atoms with van der Waals surface area (Å²) >= 11 is 0. The highest BCUT2D eigenvalue weighted by Gasteiger charge is 2.24. The van der Waals surface area contributed by atoms with E-state index in [0.717, 1.165) is 0 Å². The molecule has 0 heterocycles. The van der Waals surface area contributed by atoms with E-state index in [2.05, 4.69) is 5.10 Å². The lowest BCUT2D eigenvalue weighted by Crippen LogP contribution is -2.18. The van der Waals surface area contributed by atoms with Gasteiger partial charge in [0.1, 0.15) is 5.75 Å². The lowest BCUT2D eigenvalue weighted by atomic mass is 10.2. The van der Waals surface area contributed by atoms with Gasteiger partial charge in [0.25, 0.3) is 5.91 Å². The summed E-state index contributed by atoms with van der Waals surface area (Å²) in [5.41, 5.74) is 0.620. The number of benzene rings is 2. The van der Waals surface area contributed by atoms with Crippen LogP contribution in [0.3, 0.4) is 0 Å². The van der Waals surface area contributed by atoms with Crippen LogP contribution < -0.4 is 5.43 Å². The van der Waals surface area contributed by atoms with Crippen molar-refractivity contribution in [2.45, 2.75) is 0 Å². The first-order valence-electron chi connectivity index (χ1n) is 5.96. The lowest BCUT2D eigenvalue weighted by Gasteiger charge is -2.04. The summed E-state index contributed by atoms with van der Waals surface area (Å²) in [5, 5.41) is 12.2. The zero-order chi connectivity index (χ0) is 17.1. The van der Waals surface area contributed by atoms with Gasteiger partial charge in [-0.05, 0) is 24.3 Å². The summed E-state index contributed by atoms with van der Waals surface area (Å²) in [7, 11) is 0. The first-order chi connectivity index (χ1) is 10.8. The number of rotatable bonds is 3. The number of phenolic OH excluding ortho intramolecular Hbond substituents is 1. The number of carbonyl (C=O) groups excluding carboxylic acids is 1. The molecule has 4 nitrogen and oxygen atoms in total. The average Bonchev–Trinajstić information content (AvgIpc) is 2.54. The molecule has 0 atom stereocenters. The number of hydrazone groups is 1. The summed E-state index contributed by atoms with van der Waals surface area (Å²) in [5.74, 6) is -11.6. The van der Waals surface area contributed by atoms with Crippen LogP contribution in [0.5, 0.6) is 5.75 Å². The fourth-order valence-corrected chi connectivity index (χ4v) is 1.57. The highest BCUT2D eigenvalue weighted by Crippen LogP contribution is 2.21. The SMILES string of the molecule is O=C(N/N=C/c1c(F)c(F)c(F)c(F)c1F)c1ccc(O)cc1. The van der Waals surface area contributed by atoms with Crippen LogP contribution in [0, 0.1) is 29.1 Å². The lowest BCUT2D eigenvalue weighted by molar-refractivity contribution is 0.0955. The van der Waals surface area contributed by atoms with E-state index in [4.69, 9.17) is 5.11 Å². The topological polar surface area (TPSA) is 61.7 Å². The predicted molar refractivity (Wildman–Crippen MR) is 69.4 cm³/mol. The minimum Gasteiger partial charge on any atom is -0.508 e. The highest BCUT2D eigenvalue weighted by atomic mass is 19.2. The van der Waals surface area contributed by atoms with Crippen LogP contribution in [-0.2, 0) is 0 Å². The van der Waals surface area contributed by atoms with E-state index in [-0.39, 0.29) is 11.3 Å². The molecule has 0 saturated heterocycles. The second-order valence-electron chi connectivity index (χ2n) is 4.23. The van der Waals surface area contributed by atoms with Gasteiger partial charge in [0.05, 0.1) is 11.8 Å². The molecule has 2 N–H and O–H groups in total. The van der Waals surface area contributed by atoms with Gasteiger partial charge in [0, 0.05) is 5.56 Å². The molecule has 0 fully saturated rings. The molecular weight excluding hydrogens is 323 g/mol. The molecule has 23 heavy (non-hydrogen) atoms. The molecular formula is C14H7F5N2O2. The highest BCUT2D eigenvalue weighted by molar-refractivity contribution is 5.95. The fraction of sp³-hybridized carbons (Fsp3) is 0. The molecule has 0 saturated carbocycles. The maximum absolute atomic E-state index is 13.3. The van der Waals surface area contributed by atoms with E-state index in [1.807, 2.05) is 5.43 Å². The van der Waals surface area contributed by atoms with Crippen molar-refractivity contribution in [2.24, 2.45) is 5.10 Å². The molecule has 9 heteroatoms. The molecule has 0 unspecified atom stereocenters. The van der Waals surface area contributed by atoms with Crippen LogP contribution in [0.25, 0.3) is 0 Å². The van der Waals surface area contributed by atoms with Crippen LogP contribution in [0.2, 0.25) is 0 Å². The number of carbonyl (C=O) groups is 1. The summed E-state index contributed by atoms with van der Waals surface area (Å²) < 4.78 is 65.4. The van der Waals surface area contributed by atoms with Crippen molar-refractivity contribution in [3.05, 3.63) is 64.5 Å². The number of halogens is 5. The Bertz CT molecular complexity index is 762. The predicted octanol–water partition coefficient (Wildman–Crippen LogP) is 2.85. The molecule has 0 aliphatic carbocycles. The van der Waals surface area contributed by atoms with Crippen molar-refractivity contribution in [1.29, 1.82) is 0 Å². The Labute approximate surface area is 125 Å². The van der Waals surface area contributed by atoms with Gasteiger partial charge in [0.2, 0.25) is 5.82 Å². The Morgan fingerprint density at radius 3 is 1.91 bits per heavy atom. The van der Waals surface area contributed by atoms with Crippen LogP contribution in [0.1, 0.15) is 15.9 Å². The van der Waals surface area contributed by atoms with Gasteiger partial charge in [-0.2, -0.15) is 5.10 Å². The number of nitrogens with zero attached hydrogens (tertiary/aromatic N) is 1. The van der Waals surface area contributed by atoms with Crippen molar-refractivity contribution in [2.75, 3.05) is 0 Å². The summed E-state index contributed by atoms with van der Waals surface area (Å²) in [6, 6.07) is 4.89. The van der Waals surface area contributed by atoms with E-state index in [1.54, 1.807) is 0 Å². The first kappa shape index (κ1) is 16.4. The number of hydrogen-bond donors (Lipinski definition) is 2. The monoisotopic (exact) mass is 330 g/mol. The van der Waals surface area contributed by atoms with Crippen molar-refractivity contribution < 1.29 is 31.9 Å². The van der Waals surface area contributed by atoms with Crippen LogP contribution in [-0.4, -0.2) is 17.2 Å². The van der Waals surface area contributed by atoms with E-state index >= 15 is 0 Å². The van der Waals surface area contributed by atoms with Gasteiger partial charge in [-0.3, -0.25) is 4.79 Å². The van der Waals surface area contributed by atoms with Crippen molar-refractivity contribution in [1.82, 2.24) is 5.43 Å². The molecule has 2 rings (SSSR count). The molecule has 0 spiro atoms. The second kappa shape index (κ2) is 6.42. The first-order valence-corrected chi connectivity index (χ1v) is 5.96. The Kier molecular flexibility index (Phi) is 4.58. The smallest absolute Gasteiger partial charge is 0.271 e. The molecule has 0 bridgehead atoms. The fourth-order valence-electron chi connectivity index (χ4n) is 1.57. The quantitative estimate of drug-likeness (QED) is 0.299. The van der Waals surface area contributed by atoms with Crippen molar-refractivity contribution >= 4 is 12.1 Å². The zero-order valence-corrected chi connectivity index (χ0v) is 11.1. The summed E-state index contributed by atoms with van der Waals surface area (Å²) in [6.45, 7) is 0. The normalized spacial score (nSPS) is 11.0. The summed E-state index contributed by atoms with van der Waals surface area (Å²) in [4.78, 5) is 11.6. The van der Waals surface area contributed by atoms with Crippen molar-refractivity contribution in [3.63, 3.8) is 0 Å². The average molecular weight is 330 g/mol. The van der Waals surface area contributed by atoms with Gasteiger partial charge < -0.3 is 5.11 Å². The van der Waals surface area contributed by atoms with Crippen LogP contribution >= 0.6 is 0 Å². The minimum absolute atomic E-state index is 0.0531. The number of phenols is 1. The van der Waals surface area contributed by atoms with Gasteiger partial charge in [-0.15, -0.1) is 0 Å². The number of hydrogen-bond acceptors (Lipinski definition) is 3. The second-order valence-corrected chi connectivity index (χ2v) is 4.23. The van der Waals surface area contributed by atoms with Crippen LogP contribution in [0.15, 0.2) is 29.4 Å². The Balaban J connectivity index is 2.21. The minimum atomic E-state index is -2.29. The van der Waals surface area contributed by atoms with Gasteiger partial charge in [0.15, 0.2) is 23.3 Å². The zero-order valence-electron chi connectivity index (χ0n) is 11.1. The van der Waals surface area contributed by atoms with E-state index in [1.165, 1.54) is 24.3 Å². The van der Waals surface area contributed by atoms with E-state index < -0.39 is 40.6 Å². The van der Waals surface area contributed by atoms with E-state index in [9.17, 15) is 26.7 Å². The Morgan fingerprint density at radius 1 is 0.913 bits per heavy atom. The van der Waals surface area contributed by atoms with E-state index in [0.29, 0.717) is 6.21 Å². The van der Waals surface area contributed by atoms with Crippen molar-refractivity contribution in [3.8, 4) is 5.75 Å². The largest absolute Gasteiger partial charge is 0.508 e. The molecule has 0 aromatic heterocycles. The maximum atomic E-state index is 13.3. The third-order valence-electron chi connectivity index (χ3n) is 2.73. The molecule has 2 aromatic carbocycles. The molecule has 0 aliphatic rings. The molecule has 0 radical (unpaired) electrons. The molecule has 120 valence electrons. The number of nitrogens with one attached hydrogen (secondary N) is 1. The van der Waals surface area contributed by atoms with Gasteiger partial charge in [-0.25, -0.2) is 27.4 Å². The summed E-state index contributed by atoms with van der Waals surface area (Å²) in [6.07, 6.45) is 0.300.